The van der Waals surface area contributed by atoms with Crippen LogP contribution in [0.2, 0.25) is 0 Å². The standard InChI is InChI=1S/C16H20N2O2S2/c1-4-7-17-14-9-22(19,20)10-15(14)18(16(17)21)13-6-5-11(2)12(3)8-13/h4-6,8,14-15H,1,7,9-10H2,2-3H3. The van der Waals surface area contributed by atoms with E-state index >= 15 is 0 Å². The third-order valence-corrected chi connectivity index (χ3v) is 6.70. The summed E-state index contributed by atoms with van der Waals surface area (Å²) >= 11 is 5.62. The van der Waals surface area contributed by atoms with Crippen LogP contribution in [0, 0.1) is 13.8 Å². The van der Waals surface area contributed by atoms with E-state index in [0.29, 0.717) is 11.7 Å². The first kappa shape index (κ1) is 15.5. The summed E-state index contributed by atoms with van der Waals surface area (Å²) in [6, 6.07) is 5.99. The Bertz CT molecular complexity index is 743. The molecule has 118 valence electrons. The zero-order chi connectivity index (χ0) is 16.1. The number of hydrogen-bond acceptors (Lipinski definition) is 3. The average molecular weight is 336 g/mol. The van der Waals surface area contributed by atoms with Gasteiger partial charge < -0.3 is 9.80 Å². The van der Waals surface area contributed by atoms with E-state index in [1.807, 2.05) is 15.9 Å². The number of benzene rings is 1. The number of sulfone groups is 1. The summed E-state index contributed by atoms with van der Waals surface area (Å²) in [7, 11) is -3.02. The van der Waals surface area contributed by atoms with Crippen LogP contribution in [0.15, 0.2) is 30.9 Å². The zero-order valence-corrected chi connectivity index (χ0v) is 14.5. The molecule has 2 atom stereocenters. The molecule has 2 fully saturated rings. The number of rotatable bonds is 3. The van der Waals surface area contributed by atoms with Gasteiger partial charge in [-0.15, -0.1) is 6.58 Å². The maximum Gasteiger partial charge on any atom is 0.177 e. The van der Waals surface area contributed by atoms with E-state index < -0.39 is 9.84 Å². The van der Waals surface area contributed by atoms with Gasteiger partial charge in [0.25, 0.3) is 0 Å². The van der Waals surface area contributed by atoms with Gasteiger partial charge in [-0.25, -0.2) is 8.42 Å². The Morgan fingerprint density at radius 3 is 2.59 bits per heavy atom. The minimum absolute atomic E-state index is 0.0721. The van der Waals surface area contributed by atoms with Crippen molar-refractivity contribution in [3.05, 3.63) is 42.0 Å². The van der Waals surface area contributed by atoms with Gasteiger partial charge in [0.15, 0.2) is 14.9 Å². The number of nitrogens with zero attached hydrogens (tertiary/aromatic N) is 2. The van der Waals surface area contributed by atoms with Crippen LogP contribution in [-0.4, -0.2) is 48.6 Å². The maximum atomic E-state index is 12.1. The van der Waals surface area contributed by atoms with Gasteiger partial charge in [-0.05, 0) is 49.3 Å². The number of fused-ring (bicyclic) bond motifs is 1. The summed E-state index contributed by atoms with van der Waals surface area (Å²) in [4.78, 5) is 4.01. The molecule has 2 aliphatic heterocycles. The van der Waals surface area contributed by atoms with Crippen molar-refractivity contribution in [2.75, 3.05) is 23.0 Å². The molecular weight excluding hydrogens is 316 g/mol. The molecule has 2 unspecified atom stereocenters. The second-order valence-corrected chi connectivity index (χ2v) is 8.59. The van der Waals surface area contributed by atoms with Crippen molar-refractivity contribution < 1.29 is 8.42 Å². The van der Waals surface area contributed by atoms with Crippen LogP contribution in [0.3, 0.4) is 0 Å². The van der Waals surface area contributed by atoms with Gasteiger partial charge in [0.2, 0.25) is 0 Å². The smallest absolute Gasteiger partial charge is 0.177 e. The first-order valence-electron chi connectivity index (χ1n) is 7.32. The molecule has 22 heavy (non-hydrogen) atoms. The van der Waals surface area contributed by atoms with Crippen molar-refractivity contribution in [1.29, 1.82) is 0 Å². The van der Waals surface area contributed by atoms with E-state index in [1.165, 1.54) is 11.1 Å². The lowest BCUT2D eigenvalue weighted by Gasteiger charge is -2.25. The first-order chi connectivity index (χ1) is 10.3. The highest BCUT2D eigenvalue weighted by molar-refractivity contribution is 7.91. The van der Waals surface area contributed by atoms with E-state index in [-0.39, 0.29) is 23.6 Å². The summed E-state index contributed by atoms with van der Waals surface area (Å²) < 4.78 is 24.2. The van der Waals surface area contributed by atoms with Gasteiger partial charge in [0.1, 0.15) is 0 Å². The lowest BCUT2D eigenvalue weighted by atomic mass is 10.1. The summed E-state index contributed by atoms with van der Waals surface area (Å²) in [5, 5.41) is 0.702. The molecule has 0 N–H and O–H groups in total. The minimum atomic E-state index is -3.02. The van der Waals surface area contributed by atoms with E-state index in [9.17, 15) is 8.42 Å². The van der Waals surface area contributed by atoms with Crippen LogP contribution in [-0.2, 0) is 9.84 Å². The highest BCUT2D eigenvalue weighted by atomic mass is 32.2. The Kier molecular flexibility index (Phi) is 3.77. The second kappa shape index (κ2) is 5.35. The first-order valence-corrected chi connectivity index (χ1v) is 9.55. The van der Waals surface area contributed by atoms with Crippen molar-refractivity contribution >= 4 is 32.9 Å². The Morgan fingerprint density at radius 1 is 1.27 bits per heavy atom. The van der Waals surface area contributed by atoms with Crippen LogP contribution in [0.1, 0.15) is 11.1 Å². The van der Waals surface area contributed by atoms with Crippen molar-refractivity contribution in [2.45, 2.75) is 25.9 Å². The van der Waals surface area contributed by atoms with Crippen LogP contribution in [0.4, 0.5) is 5.69 Å². The lowest BCUT2D eigenvalue weighted by Crippen LogP contribution is -2.37. The molecule has 4 nitrogen and oxygen atoms in total. The Hall–Kier alpha value is -1.40. The van der Waals surface area contributed by atoms with Gasteiger partial charge in [0, 0.05) is 12.2 Å². The molecule has 0 amide bonds. The van der Waals surface area contributed by atoms with Gasteiger partial charge in [-0.2, -0.15) is 0 Å². The quantitative estimate of drug-likeness (QED) is 0.624. The third-order valence-electron chi connectivity index (χ3n) is 4.57. The molecular formula is C16H20N2O2S2. The molecule has 0 aromatic heterocycles. The maximum absolute atomic E-state index is 12.1. The lowest BCUT2D eigenvalue weighted by molar-refractivity contribution is 0.389. The summed E-state index contributed by atoms with van der Waals surface area (Å²) in [6.45, 7) is 8.47. The van der Waals surface area contributed by atoms with Gasteiger partial charge in [0.05, 0.1) is 23.6 Å². The Balaban J connectivity index is 2.04. The largest absolute Gasteiger partial charge is 0.339 e. The van der Waals surface area contributed by atoms with Crippen molar-refractivity contribution in [3.63, 3.8) is 0 Å². The molecule has 6 heteroatoms. The Labute approximate surface area is 137 Å². The molecule has 3 rings (SSSR count). The van der Waals surface area contributed by atoms with Crippen LogP contribution < -0.4 is 4.90 Å². The van der Waals surface area contributed by atoms with E-state index in [1.54, 1.807) is 6.08 Å². The van der Waals surface area contributed by atoms with E-state index in [2.05, 4.69) is 32.6 Å². The molecule has 2 heterocycles. The number of anilines is 1. The fourth-order valence-corrected chi connectivity index (χ4v) is 5.71. The third kappa shape index (κ3) is 2.44. The number of hydrogen-bond donors (Lipinski definition) is 0. The van der Waals surface area contributed by atoms with Crippen LogP contribution in [0.5, 0.6) is 0 Å². The van der Waals surface area contributed by atoms with Crippen molar-refractivity contribution in [1.82, 2.24) is 4.90 Å². The highest BCUT2D eigenvalue weighted by Crippen LogP contribution is 2.35. The normalized spacial score (nSPS) is 26.4. The fourth-order valence-electron chi connectivity index (χ4n) is 3.31. The fraction of sp³-hybridized carbons (Fsp3) is 0.438. The van der Waals surface area contributed by atoms with E-state index in [4.69, 9.17) is 12.2 Å². The summed E-state index contributed by atoms with van der Waals surface area (Å²) in [5.41, 5.74) is 3.37. The number of thiocarbonyl (C=S) groups is 1. The minimum Gasteiger partial charge on any atom is -0.339 e. The molecule has 0 radical (unpaired) electrons. The highest BCUT2D eigenvalue weighted by Gasteiger charge is 2.51. The zero-order valence-electron chi connectivity index (χ0n) is 12.8. The number of aryl methyl sites for hydroxylation is 2. The molecule has 0 bridgehead atoms. The molecule has 0 aliphatic carbocycles. The molecule has 0 spiro atoms. The molecule has 1 aromatic rings. The summed E-state index contributed by atoms with van der Waals surface area (Å²) in [5.74, 6) is 0.339. The van der Waals surface area contributed by atoms with Crippen molar-refractivity contribution in [3.8, 4) is 0 Å². The molecule has 0 saturated carbocycles. The van der Waals surface area contributed by atoms with Crippen LogP contribution >= 0.6 is 12.2 Å². The molecule has 2 aliphatic rings. The van der Waals surface area contributed by atoms with Gasteiger partial charge in [-0.1, -0.05) is 12.1 Å². The van der Waals surface area contributed by atoms with Gasteiger partial charge >= 0.3 is 0 Å². The Morgan fingerprint density at radius 2 is 1.95 bits per heavy atom. The predicted molar refractivity (Wildman–Crippen MR) is 94.1 cm³/mol. The SMILES string of the molecule is C=CCN1C(=S)N(c2ccc(C)c(C)c2)C2CS(=O)(=O)CC21. The monoisotopic (exact) mass is 336 g/mol. The van der Waals surface area contributed by atoms with Crippen molar-refractivity contribution in [2.24, 2.45) is 0 Å². The average Bonchev–Trinajstić information content (AvgIpc) is 2.86. The predicted octanol–water partition coefficient (Wildman–Crippen LogP) is 2.06. The van der Waals surface area contributed by atoms with Crippen LogP contribution in [0.25, 0.3) is 0 Å². The van der Waals surface area contributed by atoms with E-state index in [0.717, 1.165) is 5.69 Å². The van der Waals surface area contributed by atoms with Gasteiger partial charge in [-0.3, -0.25) is 0 Å². The molecule has 1 aromatic carbocycles. The summed E-state index contributed by atoms with van der Waals surface area (Å²) in [6.07, 6.45) is 1.78. The second-order valence-electron chi connectivity index (χ2n) is 6.07. The molecule has 2 saturated heterocycles. The topological polar surface area (TPSA) is 40.6 Å².